The third-order valence-corrected chi connectivity index (χ3v) is 6.38. The molecule has 0 aliphatic carbocycles. The summed E-state index contributed by atoms with van der Waals surface area (Å²) in [5.41, 5.74) is 0.892. The quantitative estimate of drug-likeness (QED) is 0.750. The first-order valence-electron chi connectivity index (χ1n) is 8.14. The Morgan fingerprint density at radius 1 is 1.48 bits per heavy atom. The summed E-state index contributed by atoms with van der Waals surface area (Å²) in [6.45, 7) is 1.12. The van der Waals surface area contributed by atoms with Crippen LogP contribution in [0, 0.1) is 16.6 Å². The van der Waals surface area contributed by atoms with Crippen molar-refractivity contribution in [3.05, 3.63) is 46.4 Å². The molecule has 0 amide bonds. The fourth-order valence-corrected chi connectivity index (χ4v) is 5.18. The Bertz CT molecular complexity index is 907. The van der Waals surface area contributed by atoms with Crippen molar-refractivity contribution in [2.45, 2.75) is 26.1 Å². The minimum Gasteiger partial charge on any atom is -0.414 e. The molecule has 9 heteroatoms. The van der Waals surface area contributed by atoms with E-state index in [1.165, 1.54) is 12.1 Å². The van der Waals surface area contributed by atoms with Crippen molar-refractivity contribution >= 4 is 22.1 Å². The van der Waals surface area contributed by atoms with Gasteiger partial charge in [0, 0.05) is 12.0 Å². The van der Waals surface area contributed by atoms with Crippen molar-refractivity contribution in [2.75, 3.05) is 18.6 Å². The number of sulfone groups is 1. The largest absolute Gasteiger partial charge is 0.414 e. The van der Waals surface area contributed by atoms with Gasteiger partial charge in [-0.05, 0) is 36.7 Å². The average molecular weight is 386 g/mol. The standard InChI is InChI=1S/C16H20FN3O3S2/c1-19(9-12-3-2-4-14(17)7-12)11-20-16(24)23-15(18-20)8-13-5-6-25(21,22)10-13/h2-4,7,13H,5-6,8-11H2,1H3/p+1/t13-/m0/s1. The summed E-state index contributed by atoms with van der Waals surface area (Å²) < 4.78 is 43.5. The van der Waals surface area contributed by atoms with Gasteiger partial charge in [0.2, 0.25) is 5.89 Å². The maximum Gasteiger partial charge on any atom is 0.291 e. The third kappa shape index (κ3) is 4.96. The van der Waals surface area contributed by atoms with Crippen LogP contribution in [0.4, 0.5) is 4.39 Å². The van der Waals surface area contributed by atoms with Gasteiger partial charge in [-0.25, -0.2) is 12.8 Å². The van der Waals surface area contributed by atoms with E-state index in [-0.39, 0.29) is 28.1 Å². The Morgan fingerprint density at radius 3 is 2.96 bits per heavy atom. The number of benzene rings is 1. The van der Waals surface area contributed by atoms with E-state index in [0.717, 1.165) is 10.5 Å². The summed E-state index contributed by atoms with van der Waals surface area (Å²) in [4.78, 5) is 1.35. The molecule has 1 aliphatic heterocycles. The van der Waals surface area contributed by atoms with Gasteiger partial charge in [-0.3, -0.25) is 0 Å². The van der Waals surface area contributed by atoms with Gasteiger partial charge < -0.3 is 9.32 Å². The van der Waals surface area contributed by atoms with E-state index in [4.69, 9.17) is 16.6 Å². The molecular formula is C16H21FN3O3S2+. The van der Waals surface area contributed by atoms with Crippen molar-refractivity contribution in [1.29, 1.82) is 0 Å². The molecule has 0 radical (unpaired) electrons. The van der Waals surface area contributed by atoms with Crippen LogP contribution in [0.3, 0.4) is 0 Å². The van der Waals surface area contributed by atoms with E-state index in [1.807, 2.05) is 13.1 Å². The van der Waals surface area contributed by atoms with E-state index in [2.05, 4.69) is 5.10 Å². The van der Waals surface area contributed by atoms with Gasteiger partial charge in [-0.15, -0.1) is 5.10 Å². The molecule has 1 fully saturated rings. The van der Waals surface area contributed by atoms with Crippen LogP contribution in [-0.2, 0) is 29.5 Å². The lowest BCUT2D eigenvalue weighted by atomic mass is 10.1. The summed E-state index contributed by atoms with van der Waals surface area (Å²) in [5, 5.41) is 4.38. The van der Waals surface area contributed by atoms with Crippen molar-refractivity contribution in [3.8, 4) is 0 Å². The van der Waals surface area contributed by atoms with Crippen LogP contribution in [0.1, 0.15) is 17.9 Å². The first-order valence-corrected chi connectivity index (χ1v) is 10.4. The molecule has 6 nitrogen and oxygen atoms in total. The van der Waals surface area contributed by atoms with Gasteiger partial charge in [0.15, 0.2) is 16.5 Å². The Kier molecular flexibility index (Phi) is 5.35. The van der Waals surface area contributed by atoms with Crippen LogP contribution in [0.15, 0.2) is 28.7 Å². The highest BCUT2D eigenvalue weighted by Crippen LogP contribution is 2.22. The van der Waals surface area contributed by atoms with Gasteiger partial charge in [0.05, 0.1) is 18.6 Å². The minimum atomic E-state index is -2.91. The second-order valence-electron chi connectivity index (χ2n) is 6.66. The summed E-state index contributed by atoms with van der Waals surface area (Å²) in [5.74, 6) is 0.693. The average Bonchev–Trinajstić information content (AvgIpc) is 3.01. The van der Waals surface area contributed by atoms with Crippen molar-refractivity contribution < 1.29 is 22.1 Å². The molecule has 1 N–H and O–H groups in total. The molecule has 136 valence electrons. The molecule has 1 saturated heterocycles. The number of quaternary nitrogens is 1. The summed E-state index contributed by atoms with van der Waals surface area (Å²) in [6, 6.07) is 6.49. The number of aromatic nitrogens is 2. The molecule has 2 aromatic rings. The molecule has 1 aliphatic rings. The second-order valence-corrected chi connectivity index (χ2v) is 9.23. The Morgan fingerprint density at radius 2 is 2.28 bits per heavy atom. The molecule has 0 saturated carbocycles. The van der Waals surface area contributed by atoms with E-state index in [0.29, 0.717) is 31.9 Å². The summed E-state index contributed by atoms with van der Waals surface area (Å²) in [6.07, 6.45) is 1.13. The molecular weight excluding hydrogens is 365 g/mol. The Balaban J connectivity index is 1.61. The van der Waals surface area contributed by atoms with Crippen molar-refractivity contribution in [1.82, 2.24) is 9.78 Å². The highest BCUT2D eigenvalue weighted by molar-refractivity contribution is 7.91. The van der Waals surface area contributed by atoms with E-state index >= 15 is 0 Å². The number of nitrogens with one attached hydrogen (secondary N) is 1. The van der Waals surface area contributed by atoms with Gasteiger partial charge in [-0.1, -0.05) is 12.1 Å². The summed E-state index contributed by atoms with van der Waals surface area (Å²) >= 11 is 5.20. The van der Waals surface area contributed by atoms with E-state index < -0.39 is 9.84 Å². The first kappa shape index (κ1) is 18.2. The van der Waals surface area contributed by atoms with Crippen LogP contribution >= 0.6 is 12.2 Å². The van der Waals surface area contributed by atoms with Gasteiger partial charge in [0.1, 0.15) is 12.4 Å². The number of hydrogen-bond acceptors (Lipinski definition) is 5. The van der Waals surface area contributed by atoms with Crippen LogP contribution in [-0.4, -0.2) is 36.8 Å². The fraction of sp³-hybridized carbons (Fsp3) is 0.500. The van der Waals surface area contributed by atoms with Crippen LogP contribution in [0.25, 0.3) is 0 Å². The molecule has 25 heavy (non-hydrogen) atoms. The monoisotopic (exact) mass is 386 g/mol. The minimum absolute atomic E-state index is 0.0453. The lowest BCUT2D eigenvalue weighted by Gasteiger charge is -2.13. The number of hydrogen-bond donors (Lipinski definition) is 1. The molecule has 1 aromatic carbocycles. The van der Waals surface area contributed by atoms with Crippen molar-refractivity contribution in [2.24, 2.45) is 5.92 Å². The number of halogens is 1. The predicted octanol–water partition coefficient (Wildman–Crippen LogP) is 0.994. The topological polar surface area (TPSA) is 69.5 Å². The molecule has 2 atom stereocenters. The van der Waals surface area contributed by atoms with Gasteiger partial charge >= 0.3 is 0 Å². The highest BCUT2D eigenvalue weighted by Gasteiger charge is 2.29. The maximum atomic E-state index is 13.3. The third-order valence-electron chi connectivity index (χ3n) is 4.25. The second kappa shape index (κ2) is 7.35. The van der Waals surface area contributed by atoms with Crippen LogP contribution in [0.2, 0.25) is 0 Å². The maximum absolute atomic E-state index is 13.3. The summed E-state index contributed by atoms with van der Waals surface area (Å²) in [7, 11) is -0.950. The Labute approximate surface area is 151 Å². The highest BCUT2D eigenvalue weighted by atomic mass is 32.2. The zero-order valence-electron chi connectivity index (χ0n) is 13.9. The van der Waals surface area contributed by atoms with E-state index in [9.17, 15) is 12.8 Å². The zero-order chi connectivity index (χ0) is 18.0. The fourth-order valence-electron chi connectivity index (χ4n) is 3.12. The molecule has 1 unspecified atom stereocenters. The van der Waals surface area contributed by atoms with E-state index in [1.54, 1.807) is 10.7 Å². The predicted molar refractivity (Wildman–Crippen MR) is 92.8 cm³/mol. The van der Waals surface area contributed by atoms with Crippen LogP contribution in [0.5, 0.6) is 0 Å². The number of nitrogens with zero attached hydrogens (tertiary/aromatic N) is 2. The molecule has 0 spiro atoms. The zero-order valence-corrected chi connectivity index (χ0v) is 15.6. The number of rotatable bonds is 6. The Hall–Kier alpha value is -1.58. The normalized spacial score (nSPS) is 20.6. The lowest BCUT2D eigenvalue weighted by molar-refractivity contribution is -0.917. The smallest absolute Gasteiger partial charge is 0.291 e. The van der Waals surface area contributed by atoms with Crippen molar-refractivity contribution in [3.63, 3.8) is 0 Å². The molecule has 3 rings (SSSR count). The first-order chi connectivity index (χ1) is 11.8. The van der Waals surface area contributed by atoms with Gasteiger partial charge in [-0.2, -0.15) is 4.68 Å². The molecule has 0 bridgehead atoms. The van der Waals surface area contributed by atoms with Gasteiger partial charge in [0.25, 0.3) is 4.84 Å². The molecule has 1 aromatic heterocycles. The SMILES string of the molecule is C[NH+](Cc1cccc(F)c1)Cn1nc(C[C@@H]2CCS(=O)(=O)C2)oc1=S. The molecule has 2 heterocycles. The van der Waals surface area contributed by atoms with Crippen LogP contribution < -0.4 is 4.90 Å². The lowest BCUT2D eigenvalue weighted by Crippen LogP contribution is -3.07.